The fourth-order valence-corrected chi connectivity index (χ4v) is 3.32. The van der Waals surface area contributed by atoms with E-state index in [0.29, 0.717) is 11.8 Å². The molecule has 2 aliphatic rings. The second-order valence-corrected chi connectivity index (χ2v) is 5.93. The van der Waals surface area contributed by atoms with Gasteiger partial charge in [-0.1, -0.05) is 0 Å². The van der Waals surface area contributed by atoms with Crippen molar-refractivity contribution in [1.29, 1.82) is 0 Å². The van der Waals surface area contributed by atoms with Crippen molar-refractivity contribution in [2.45, 2.75) is 25.4 Å². The molecule has 2 atom stereocenters. The van der Waals surface area contributed by atoms with E-state index in [4.69, 9.17) is 0 Å². The van der Waals surface area contributed by atoms with Crippen LogP contribution in [0, 0.1) is 5.92 Å². The molecule has 3 heterocycles. The van der Waals surface area contributed by atoms with Crippen molar-refractivity contribution in [3.05, 3.63) is 33.7 Å². The smallest absolute Gasteiger partial charge is 0.251 e. The van der Waals surface area contributed by atoms with Gasteiger partial charge in [0.2, 0.25) is 0 Å². The Morgan fingerprint density at radius 2 is 2.05 bits per heavy atom. The zero-order valence-electron chi connectivity index (χ0n) is 12.0. The molecule has 6 heteroatoms. The van der Waals surface area contributed by atoms with E-state index in [9.17, 15) is 4.79 Å². The highest BCUT2D eigenvalue weighted by atomic mass is 35.5. The first kappa shape index (κ1) is 17.5. The fourth-order valence-electron chi connectivity index (χ4n) is 3.32. The van der Waals surface area contributed by atoms with Crippen LogP contribution < -0.4 is 10.9 Å². The molecular formula is C14H23Cl2N3O. The number of fused-ring (bicyclic) bond motifs is 4. The van der Waals surface area contributed by atoms with Gasteiger partial charge in [0.15, 0.2) is 0 Å². The van der Waals surface area contributed by atoms with E-state index in [0.717, 1.165) is 31.7 Å². The zero-order valence-corrected chi connectivity index (χ0v) is 13.6. The Kier molecular flexibility index (Phi) is 6.07. The zero-order chi connectivity index (χ0) is 12.7. The second-order valence-electron chi connectivity index (χ2n) is 5.93. The van der Waals surface area contributed by atoms with Gasteiger partial charge in [-0.05, 0) is 44.6 Å². The minimum atomic E-state index is 0. The van der Waals surface area contributed by atoms with Gasteiger partial charge in [0.25, 0.3) is 5.56 Å². The maximum atomic E-state index is 12.2. The van der Waals surface area contributed by atoms with Crippen LogP contribution in [-0.4, -0.2) is 36.7 Å². The summed E-state index contributed by atoms with van der Waals surface area (Å²) in [5, 5.41) is 3.48. The first-order valence-electron chi connectivity index (χ1n) is 6.72. The molecule has 0 unspecified atom stereocenters. The second kappa shape index (κ2) is 6.94. The molecule has 0 amide bonds. The van der Waals surface area contributed by atoms with E-state index < -0.39 is 0 Å². The molecule has 0 radical (unpaired) electrons. The number of hydrogen-bond donors (Lipinski definition) is 1. The van der Waals surface area contributed by atoms with Crippen molar-refractivity contribution in [3.63, 3.8) is 0 Å². The molecule has 0 aromatic carbocycles. The third-order valence-electron chi connectivity index (χ3n) is 4.02. The summed E-state index contributed by atoms with van der Waals surface area (Å²) >= 11 is 0. The van der Waals surface area contributed by atoms with Crippen LogP contribution >= 0.6 is 24.8 Å². The van der Waals surface area contributed by atoms with Crippen molar-refractivity contribution in [2.24, 2.45) is 5.92 Å². The molecule has 20 heavy (non-hydrogen) atoms. The van der Waals surface area contributed by atoms with Gasteiger partial charge in [0.05, 0.1) is 0 Å². The van der Waals surface area contributed by atoms with Crippen molar-refractivity contribution in [3.8, 4) is 0 Å². The summed E-state index contributed by atoms with van der Waals surface area (Å²) in [6, 6.07) is 4.03. The van der Waals surface area contributed by atoms with Crippen molar-refractivity contribution in [2.75, 3.05) is 27.2 Å². The molecule has 114 valence electrons. The van der Waals surface area contributed by atoms with Crippen LogP contribution in [0.15, 0.2) is 16.9 Å². The van der Waals surface area contributed by atoms with Crippen LogP contribution in [0.4, 0.5) is 0 Å². The van der Waals surface area contributed by atoms with Crippen LogP contribution in [-0.2, 0) is 13.1 Å². The predicted octanol–water partition coefficient (Wildman–Crippen LogP) is 1.46. The topological polar surface area (TPSA) is 37.3 Å². The number of piperidine rings is 1. The number of rotatable bonds is 2. The Bertz CT molecular complexity index is 516. The molecule has 0 aliphatic carbocycles. The predicted molar refractivity (Wildman–Crippen MR) is 86.3 cm³/mol. The average Bonchev–Trinajstić information content (AvgIpc) is 2.31. The van der Waals surface area contributed by atoms with Crippen molar-refractivity contribution >= 4 is 24.8 Å². The quantitative estimate of drug-likeness (QED) is 0.896. The van der Waals surface area contributed by atoms with Crippen LogP contribution in [0.1, 0.15) is 23.6 Å². The van der Waals surface area contributed by atoms with Crippen LogP contribution in [0.25, 0.3) is 0 Å². The monoisotopic (exact) mass is 319 g/mol. The average molecular weight is 320 g/mol. The number of aromatic nitrogens is 1. The summed E-state index contributed by atoms with van der Waals surface area (Å²) in [7, 11) is 4.07. The Morgan fingerprint density at radius 3 is 2.75 bits per heavy atom. The van der Waals surface area contributed by atoms with Gasteiger partial charge in [-0.25, -0.2) is 0 Å². The Balaban J connectivity index is 0.000001000. The van der Waals surface area contributed by atoms with E-state index >= 15 is 0 Å². The van der Waals surface area contributed by atoms with Crippen molar-refractivity contribution < 1.29 is 0 Å². The van der Waals surface area contributed by atoms with Crippen LogP contribution in [0.5, 0.6) is 0 Å². The molecule has 0 saturated carbocycles. The molecule has 2 aliphatic heterocycles. The summed E-state index contributed by atoms with van der Waals surface area (Å²) in [5.74, 6) is 1.15. The normalized spacial score (nSPS) is 23.6. The molecular weight excluding hydrogens is 297 g/mol. The van der Waals surface area contributed by atoms with Gasteiger partial charge in [-0.15, -0.1) is 24.8 Å². The number of hydrogen-bond acceptors (Lipinski definition) is 3. The summed E-state index contributed by atoms with van der Waals surface area (Å²) in [5.41, 5.74) is 2.56. The van der Waals surface area contributed by atoms with E-state index in [1.165, 1.54) is 12.1 Å². The molecule has 1 N–H and O–H groups in total. The van der Waals surface area contributed by atoms with E-state index in [1.54, 1.807) is 6.07 Å². The highest BCUT2D eigenvalue weighted by molar-refractivity contribution is 5.85. The Morgan fingerprint density at radius 1 is 1.30 bits per heavy atom. The lowest BCUT2D eigenvalue weighted by Crippen LogP contribution is -2.45. The molecule has 3 rings (SSSR count). The number of nitrogens with one attached hydrogen (secondary N) is 1. The van der Waals surface area contributed by atoms with Crippen LogP contribution in [0.3, 0.4) is 0 Å². The third-order valence-corrected chi connectivity index (χ3v) is 4.02. The Hall–Kier alpha value is -0.550. The first-order chi connectivity index (χ1) is 8.63. The molecule has 0 spiro atoms. The first-order valence-corrected chi connectivity index (χ1v) is 6.72. The highest BCUT2D eigenvalue weighted by Gasteiger charge is 2.30. The number of nitrogens with zero attached hydrogens (tertiary/aromatic N) is 2. The fraction of sp³-hybridized carbons (Fsp3) is 0.643. The maximum Gasteiger partial charge on any atom is 0.251 e. The molecule has 2 bridgehead atoms. The summed E-state index contributed by atoms with van der Waals surface area (Å²) in [4.78, 5) is 14.3. The highest BCUT2D eigenvalue weighted by Crippen LogP contribution is 2.32. The maximum absolute atomic E-state index is 12.2. The van der Waals surface area contributed by atoms with Gasteiger partial charge in [0.1, 0.15) is 0 Å². The molecule has 1 aromatic rings. The Labute approximate surface area is 132 Å². The molecule has 1 aromatic heterocycles. The minimum absolute atomic E-state index is 0. The van der Waals surface area contributed by atoms with E-state index in [1.807, 2.05) is 18.7 Å². The minimum Gasteiger partial charge on any atom is -0.316 e. The van der Waals surface area contributed by atoms with Gasteiger partial charge >= 0.3 is 0 Å². The van der Waals surface area contributed by atoms with E-state index in [-0.39, 0.29) is 30.4 Å². The lowest BCUT2D eigenvalue weighted by molar-refractivity contribution is 0.256. The largest absolute Gasteiger partial charge is 0.316 e. The summed E-state index contributed by atoms with van der Waals surface area (Å²) in [6.07, 6.45) is 1.23. The molecule has 1 saturated heterocycles. The summed E-state index contributed by atoms with van der Waals surface area (Å²) < 4.78 is 2.00. The van der Waals surface area contributed by atoms with E-state index in [2.05, 4.69) is 16.3 Å². The SMILES string of the molecule is CN(C)Cc1cc2n(c(=O)c1)C[C@@H]1CNC[C@H]2C1.Cl.Cl. The molecule has 4 nitrogen and oxygen atoms in total. The van der Waals surface area contributed by atoms with Gasteiger partial charge < -0.3 is 14.8 Å². The summed E-state index contributed by atoms with van der Waals surface area (Å²) in [6.45, 7) is 3.80. The standard InChI is InChI=1S/C14H21N3O.2ClH/c1-16(2)8-10-4-13-12-3-11(6-15-7-12)9-17(13)14(18)5-10;;/h4-5,11-12,15H,3,6-9H2,1-2H3;2*1H/t11-,12+;;/m0../s1. The van der Waals surface area contributed by atoms with Gasteiger partial charge in [0, 0.05) is 37.3 Å². The lowest BCUT2D eigenvalue weighted by Gasteiger charge is -2.37. The van der Waals surface area contributed by atoms with Gasteiger partial charge in [-0.2, -0.15) is 0 Å². The third kappa shape index (κ3) is 3.37. The molecule has 1 fully saturated rings. The van der Waals surface area contributed by atoms with Crippen molar-refractivity contribution in [1.82, 2.24) is 14.8 Å². The van der Waals surface area contributed by atoms with Gasteiger partial charge in [-0.3, -0.25) is 4.79 Å². The number of pyridine rings is 1. The van der Waals surface area contributed by atoms with Crippen LogP contribution in [0.2, 0.25) is 0 Å². The lowest BCUT2D eigenvalue weighted by atomic mass is 9.84. The number of halogens is 2.